The first-order valence-corrected chi connectivity index (χ1v) is 16.1. The number of phenols is 1. The van der Waals surface area contributed by atoms with E-state index in [1.807, 2.05) is 82.3 Å². The fraction of sp³-hybridized carbons (Fsp3) is 0.400. The van der Waals surface area contributed by atoms with Gasteiger partial charge in [0.25, 0.3) is 11.8 Å². The van der Waals surface area contributed by atoms with Crippen LogP contribution in [0.15, 0.2) is 72.8 Å². The summed E-state index contributed by atoms with van der Waals surface area (Å²) in [5.41, 5.74) is 3.56. The van der Waals surface area contributed by atoms with Gasteiger partial charge < -0.3 is 25.3 Å². The molecule has 1 unspecified atom stereocenters. The van der Waals surface area contributed by atoms with Gasteiger partial charge in [0.15, 0.2) is 6.10 Å². The van der Waals surface area contributed by atoms with Gasteiger partial charge in [0, 0.05) is 29.5 Å². The normalized spacial score (nSPS) is 13.2. The summed E-state index contributed by atoms with van der Waals surface area (Å²) in [7, 11) is 0. The molecular formula is C35H45N3O5S. The van der Waals surface area contributed by atoms with E-state index in [2.05, 4.69) is 5.32 Å². The molecule has 0 radical (unpaired) electrons. The topological polar surface area (TPSA) is 110 Å². The van der Waals surface area contributed by atoms with E-state index in [4.69, 9.17) is 0 Å². The first-order chi connectivity index (χ1) is 20.9. The summed E-state index contributed by atoms with van der Waals surface area (Å²) in [6, 6.07) is 20.0. The molecule has 0 heterocycles. The highest BCUT2D eigenvalue weighted by Gasteiger charge is 2.37. The molecule has 0 saturated carbocycles. The lowest BCUT2D eigenvalue weighted by molar-refractivity contribution is -0.150. The number of nitrogens with zero attached hydrogens (tertiary/aromatic N) is 2. The predicted molar refractivity (Wildman–Crippen MR) is 176 cm³/mol. The van der Waals surface area contributed by atoms with Crippen LogP contribution >= 0.6 is 11.8 Å². The van der Waals surface area contributed by atoms with Crippen molar-refractivity contribution in [1.29, 1.82) is 0 Å². The molecule has 0 saturated heterocycles. The van der Waals surface area contributed by atoms with Crippen LogP contribution in [0, 0.1) is 13.8 Å². The molecule has 9 heteroatoms. The van der Waals surface area contributed by atoms with Gasteiger partial charge in [-0.2, -0.15) is 0 Å². The summed E-state index contributed by atoms with van der Waals surface area (Å²) in [4.78, 5) is 44.5. The van der Waals surface area contributed by atoms with E-state index in [-0.39, 0.29) is 34.8 Å². The van der Waals surface area contributed by atoms with Gasteiger partial charge in [-0.05, 0) is 62.9 Å². The Morgan fingerprint density at radius 1 is 0.886 bits per heavy atom. The van der Waals surface area contributed by atoms with Crippen LogP contribution in [-0.4, -0.2) is 73.6 Å². The zero-order valence-corrected chi connectivity index (χ0v) is 27.3. The largest absolute Gasteiger partial charge is 0.508 e. The van der Waals surface area contributed by atoms with E-state index in [0.717, 1.165) is 16.7 Å². The number of nitrogens with one attached hydrogen (secondary N) is 1. The van der Waals surface area contributed by atoms with Crippen LogP contribution < -0.4 is 5.32 Å². The predicted octanol–water partition coefficient (Wildman–Crippen LogP) is 5.08. The lowest BCUT2D eigenvalue weighted by Gasteiger charge is -2.35. The van der Waals surface area contributed by atoms with Crippen molar-refractivity contribution in [3.8, 4) is 5.75 Å². The number of aliphatic hydroxyl groups excluding tert-OH is 1. The Morgan fingerprint density at radius 3 is 2.18 bits per heavy atom. The number of amides is 3. The molecule has 0 aliphatic heterocycles. The highest BCUT2D eigenvalue weighted by molar-refractivity contribution is 7.99. The van der Waals surface area contributed by atoms with Crippen LogP contribution in [0.25, 0.3) is 0 Å². The van der Waals surface area contributed by atoms with Gasteiger partial charge >= 0.3 is 0 Å². The lowest BCUT2D eigenvalue weighted by atomic mass is 9.98. The smallest absolute Gasteiger partial charge is 0.254 e. The second kappa shape index (κ2) is 16.3. The minimum Gasteiger partial charge on any atom is -0.508 e. The summed E-state index contributed by atoms with van der Waals surface area (Å²) in [5, 5.41) is 24.8. The summed E-state index contributed by atoms with van der Waals surface area (Å²) >= 11 is 1.49. The number of aromatic hydroxyl groups is 1. The van der Waals surface area contributed by atoms with Crippen LogP contribution in [0.4, 0.5) is 0 Å². The van der Waals surface area contributed by atoms with E-state index >= 15 is 0 Å². The van der Waals surface area contributed by atoms with Gasteiger partial charge in [0.1, 0.15) is 11.8 Å². The maximum atomic E-state index is 14.1. The van der Waals surface area contributed by atoms with E-state index in [1.165, 1.54) is 22.7 Å². The molecule has 0 spiro atoms. The van der Waals surface area contributed by atoms with Gasteiger partial charge in [-0.15, -0.1) is 11.8 Å². The average Bonchev–Trinajstić information content (AvgIpc) is 3.01. The Morgan fingerprint density at radius 2 is 1.55 bits per heavy atom. The molecular weight excluding hydrogens is 574 g/mol. The number of benzene rings is 3. The van der Waals surface area contributed by atoms with Crippen molar-refractivity contribution >= 4 is 29.5 Å². The van der Waals surface area contributed by atoms with Crippen molar-refractivity contribution in [2.45, 2.75) is 77.9 Å². The van der Waals surface area contributed by atoms with E-state index < -0.39 is 30.0 Å². The quantitative estimate of drug-likeness (QED) is 0.217. The lowest BCUT2D eigenvalue weighted by Crippen LogP contribution is -2.57. The van der Waals surface area contributed by atoms with Crippen LogP contribution in [0.1, 0.15) is 60.3 Å². The van der Waals surface area contributed by atoms with Crippen molar-refractivity contribution in [3.63, 3.8) is 0 Å². The Labute approximate surface area is 265 Å². The summed E-state index contributed by atoms with van der Waals surface area (Å²) in [6.45, 7) is 12.1. The van der Waals surface area contributed by atoms with E-state index in [1.54, 1.807) is 30.9 Å². The van der Waals surface area contributed by atoms with Gasteiger partial charge in [0.2, 0.25) is 5.91 Å². The average molecular weight is 620 g/mol. The standard InChI is InChI=1S/C35H45N3O5S/c1-7-37(21-28-17-12-11-14-24(28)4)34(42)26(6)38(22-44-23(2)3)35(43)32(40)30(20-27-15-9-8-10-16-27)36-33(41)29-18-13-19-31(39)25(29)5/h8-19,23,26,30,32,39-40H,7,20-22H2,1-6H3,(H,36,41)/t26-,30?,32-/m0/s1. The molecule has 44 heavy (non-hydrogen) atoms. The molecule has 3 aromatic rings. The van der Waals surface area contributed by atoms with Crippen molar-refractivity contribution in [3.05, 3.63) is 101 Å². The number of phenolic OH excluding ortho intramolecular Hbond substituents is 1. The summed E-state index contributed by atoms with van der Waals surface area (Å²) in [5.74, 6) is -1.21. The van der Waals surface area contributed by atoms with Gasteiger partial charge in [0.05, 0.1) is 11.9 Å². The third-order valence-corrected chi connectivity index (χ3v) is 8.86. The number of carbonyl (C=O) groups excluding carboxylic acids is 3. The Kier molecular flexibility index (Phi) is 12.8. The number of aryl methyl sites for hydroxylation is 1. The molecule has 8 nitrogen and oxygen atoms in total. The maximum Gasteiger partial charge on any atom is 0.254 e. The van der Waals surface area contributed by atoms with Crippen LogP contribution in [-0.2, 0) is 22.6 Å². The number of rotatable bonds is 14. The zero-order chi connectivity index (χ0) is 32.4. The first-order valence-electron chi connectivity index (χ1n) is 15.0. The third-order valence-electron chi connectivity index (χ3n) is 7.77. The molecule has 3 N–H and O–H groups in total. The van der Waals surface area contributed by atoms with Crippen molar-refractivity contribution in [1.82, 2.24) is 15.1 Å². The molecule has 0 aliphatic rings. The van der Waals surface area contributed by atoms with Crippen LogP contribution in [0.5, 0.6) is 5.75 Å². The molecule has 3 aromatic carbocycles. The number of likely N-dealkylation sites (N-methyl/N-ethyl adjacent to an activating group) is 1. The summed E-state index contributed by atoms with van der Waals surface area (Å²) < 4.78 is 0. The molecule has 3 amide bonds. The van der Waals surface area contributed by atoms with E-state index in [9.17, 15) is 24.6 Å². The van der Waals surface area contributed by atoms with Gasteiger partial charge in [-0.3, -0.25) is 14.4 Å². The number of hydrogen-bond donors (Lipinski definition) is 3. The number of hydrogen-bond acceptors (Lipinski definition) is 6. The third kappa shape index (κ3) is 9.09. The summed E-state index contributed by atoms with van der Waals surface area (Å²) in [6.07, 6.45) is -1.45. The van der Waals surface area contributed by atoms with Crippen LogP contribution in [0.3, 0.4) is 0 Å². The Hall–Kier alpha value is -3.82. The number of aliphatic hydroxyl groups is 1. The SMILES string of the molecule is CCN(Cc1ccccc1C)C(=O)[C@H](C)N(CSC(C)C)C(=O)[C@@H](O)C(Cc1ccccc1)NC(=O)c1cccc(O)c1C. The minimum absolute atomic E-state index is 0.0238. The van der Waals surface area contributed by atoms with Gasteiger partial charge in [-0.25, -0.2) is 0 Å². The zero-order valence-electron chi connectivity index (χ0n) is 26.5. The molecule has 236 valence electrons. The van der Waals surface area contributed by atoms with Crippen molar-refractivity contribution < 1.29 is 24.6 Å². The Balaban J connectivity index is 1.91. The minimum atomic E-state index is -1.63. The second-order valence-electron chi connectivity index (χ2n) is 11.3. The van der Waals surface area contributed by atoms with Gasteiger partial charge in [-0.1, -0.05) is 74.5 Å². The monoisotopic (exact) mass is 619 g/mol. The molecule has 3 atom stereocenters. The van der Waals surface area contributed by atoms with Crippen molar-refractivity contribution in [2.24, 2.45) is 0 Å². The highest BCUT2D eigenvalue weighted by Crippen LogP contribution is 2.22. The molecule has 3 rings (SSSR count). The molecule has 0 bridgehead atoms. The van der Waals surface area contributed by atoms with Crippen LogP contribution in [0.2, 0.25) is 0 Å². The molecule has 0 fully saturated rings. The first kappa shape index (κ1) is 34.7. The Bertz CT molecular complexity index is 1410. The fourth-order valence-corrected chi connectivity index (χ4v) is 5.71. The number of thioether (sulfide) groups is 1. The second-order valence-corrected chi connectivity index (χ2v) is 12.8. The molecule has 0 aromatic heterocycles. The highest BCUT2D eigenvalue weighted by atomic mass is 32.2. The van der Waals surface area contributed by atoms with Crippen molar-refractivity contribution in [2.75, 3.05) is 12.4 Å². The maximum absolute atomic E-state index is 14.1. The fourth-order valence-electron chi connectivity index (χ4n) is 4.90. The number of carbonyl (C=O) groups is 3. The molecule has 0 aliphatic carbocycles. The van der Waals surface area contributed by atoms with E-state index in [0.29, 0.717) is 18.7 Å².